The maximum atomic E-state index is 12.9. The summed E-state index contributed by atoms with van der Waals surface area (Å²) in [6.45, 7) is 6.06. The highest BCUT2D eigenvalue weighted by atomic mass is 19.1. The fraction of sp³-hybridized carbons (Fsp3) is 0.316. The van der Waals surface area contributed by atoms with Gasteiger partial charge in [-0.3, -0.25) is 4.79 Å². The summed E-state index contributed by atoms with van der Waals surface area (Å²) >= 11 is 0. The van der Waals surface area contributed by atoms with Crippen molar-refractivity contribution in [2.45, 2.75) is 39.7 Å². The molecule has 116 valence electrons. The Morgan fingerprint density at radius 2 is 1.77 bits per heavy atom. The molecule has 1 N–H and O–H groups in total. The van der Waals surface area contributed by atoms with Crippen LogP contribution in [0.2, 0.25) is 0 Å². The van der Waals surface area contributed by atoms with Crippen molar-refractivity contribution < 1.29 is 9.18 Å². The Balaban J connectivity index is 1.87. The second kappa shape index (κ2) is 7.21. The predicted octanol–water partition coefficient (Wildman–Crippen LogP) is 4.25. The van der Waals surface area contributed by atoms with Gasteiger partial charge in [0, 0.05) is 6.42 Å². The molecule has 1 atom stereocenters. The van der Waals surface area contributed by atoms with E-state index in [9.17, 15) is 9.18 Å². The van der Waals surface area contributed by atoms with E-state index >= 15 is 0 Å². The van der Waals surface area contributed by atoms with E-state index < -0.39 is 0 Å². The summed E-state index contributed by atoms with van der Waals surface area (Å²) in [6, 6.07) is 12.4. The van der Waals surface area contributed by atoms with Crippen molar-refractivity contribution in [3.8, 4) is 0 Å². The maximum Gasteiger partial charge on any atom is 0.220 e. The second-order valence-electron chi connectivity index (χ2n) is 5.76. The first kappa shape index (κ1) is 16.2. The molecule has 2 aromatic carbocycles. The highest BCUT2D eigenvalue weighted by molar-refractivity contribution is 5.76. The minimum Gasteiger partial charge on any atom is -0.350 e. The van der Waals surface area contributed by atoms with Crippen molar-refractivity contribution in [2.75, 3.05) is 0 Å². The third kappa shape index (κ3) is 4.42. The smallest absolute Gasteiger partial charge is 0.220 e. The maximum absolute atomic E-state index is 12.9. The van der Waals surface area contributed by atoms with Crippen LogP contribution in [0.4, 0.5) is 4.39 Å². The van der Waals surface area contributed by atoms with E-state index in [0.29, 0.717) is 6.42 Å². The van der Waals surface area contributed by atoms with Gasteiger partial charge in [0.1, 0.15) is 5.82 Å². The number of aryl methyl sites for hydroxylation is 3. The SMILES string of the molecule is Cc1ccc(CCC(=O)NC(C)c2ccc(F)cc2)cc1C. The molecule has 2 aromatic rings. The lowest BCUT2D eigenvalue weighted by atomic mass is 10.0. The average Bonchev–Trinajstić information content (AvgIpc) is 2.49. The summed E-state index contributed by atoms with van der Waals surface area (Å²) in [6.07, 6.45) is 1.18. The molecule has 1 unspecified atom stereocenters. The number of hydrogen-bond acceptors (Lipinski definition) is 1. The largest absolute Gasteiger partial charge is 0.350 e. The summed E-state index contributed by atoms with van der Waals surface area (Å²) in [4.78, 5) is 12.0. The summed E-state index contributed by atoms with van der Waals surface area (Å²) in [5.74, 6) is -0.257. The summed E-state index contributed by atoms with van der Waals surface area (Å²) in [5.41, 5.74) is 4.59. The standard InChI is InChI=1S/C19H22FNO/c1-13-4-5-16(12-14(13)2)6-11-19(22)21-15(3)17-7-9-18(20)10-8-17/h4-5,7-10,12,15H,6,11H2,1-3H3,(H,21,22). The molecule has 0 spiro atoms. The Bertz CT molecular complexity index is 649. The first-order valence-corrected chi connectivity index (χ1v) is 7.56. The van der Waals surface area contributed by atoms with Crippen LogP contribution in [0.15, 0.2) is 42.5 Å². The zero-order valence-electron chi connectivity index (χ0n) is 13.3. The average molecular weight is 299 g/mol. The highest BCUT2D eigenvalue weighted by Crippen LogP contribution is 2.14. The quantitative estimate of drug-likeness (QED) is 0.878. The first-order chi connectivity index (χ1) is 10.5. The predicted molar refractivity (Wildman–Crippen MR) is 87.2 cm³/mol. The van der Waals surface area contributed by atoms with E-state index in [4.69, 9.17) is 0 Å². The minimum atomic E-state index is -0.267. The molecule has 2 rings (SSSR count). The van der Waals surface area contributed by atoms with Gasteiger partial charge in [0.15, 0.2) is 0 Å². The molecule has 22 heavy (non-hydrogen) atoms. The van der Waals surface area contributed by atoms with E-state index in [2.05, 4.69) is 37.4 Å². The molecule has 0 saturated heterocycles. The molecule has 2 nitrogen and oxygen atoms in total. The van der Waals surface area contributed by atoms with Crippen molar-refractivity contribution in [1.82, 2.24) is 5.32 Å². The van der Waals surface area contributed by atoms with E-state index in [1.54, 1.807) is 12.1 Å². The van der Waals surface area contributed by atoms with Crippen LogP contribution < -0.4 is 5.32 Å². The third-order valence-corrected chi connectivity index (χ3v) is 3.96. The number of nitrogens with one attached hydrogen (secondary N) is 1. The zero-order valence-corrected chi connectivity index (χ0v) is 13.3. The molecule has 0 aromatic heterocycles. The molecule has 0 bridgehead atoms. The van der Waals surface area contributed by atoms with Gasteiger partial charge in [-0.1, -0.05) is 30.3 Å². The molecular formula is C19H22FNO. The number of benzene rings is 2. The molecular weight excluding hydrogens is 277 g/mol. The molecule has 0 fully saturated rings. The Hall–Kier alpha value is -2.16. The molecule has 0 saturated carbocycles. The number of amides is 1. The zero-order chi connectivity index (χ0) is 16.1. The van der Waals surface area contributed by atoms with Crippen LogP contribution in [0.25, 0.3) is 0 Å². The van der Waals surface area contributed by atoms with Gasteiger partial charge in [-0.05, 0) is 61.6 Å². The van der Waals surface area contributed by atoms with Crippen LogP contribution >= 0.6 is 0 Å². The van der Waals surface area contributed by atoms with Crippen LogP contribution in [0, 0.1) is 19.7 Å². The van der Waals surface area contributed by atoms with Gasteiger partial charge in [0.2, 0.25) is 5.91 Å². The van der Waals surface area contributed by atoms with Crippen LogP contribution in [0.1, 0.15) is 41.6 Å². The van der Waals surface area contributed by atoms with Crippen molar-refractivity contribution in [2.24, 2.45) is 0 Å². The van der Waals surface area contributed by atoms with Crippen LogP contribution in [0.3, 0.4) is 0 Å². The van der Waals surface area contributed by atoms with Crippen molar-refractivity contribution in [3.63, 3.8) is 0 Å². The van der Waals surface area contributed by atoms with Crippen LogP contribution in [-0.2, 0) is 11.2 Å². The number of carbonyl (C=O) groups is 1. The normalized spacial score (nSPS) is 12.0. The number of hydrogen-bond donors (Lipinski definition) is 1. The number of rotatable bonds is 5. The van der Waals surface area contributed by atoms with Crippen molar-refractivity contribution >= 4 is 5.91 Å². The lowest BCUT2D eigenvalue weighted by Crippen LogP contribution is -2.26. The Labute approximate surface area is 131 Å². The van der Waals surface area contributed by atoms with Gasteiger partial charge in [-0.25, -0.2) is 4.39 Å². The number of carbonyl (C=O) groups excluding carboxylic acids is 1. The van der Waals surface area contributed by atoms with Crippen molar-refractivity contribution in [3.05, 3.63) is 70.5 Å². The van der Waals surface area contributed by atoms with E-state index in [1.807, 2.05) is 6.92 Å². The first-order valence-electron chi connectivity index (χ1n) is 7.56. The van der Waals surface area contributed by atoms with Gasteiger partial charge in [0.25, 0.3) is 0 Å². The highest BCUT2D eigenvalue weighted by Gasteiger charge is 2.10. The molecule has 0 aliphatic heterocycles. The van der Waals surface area contributed by atoms with Crippen molar-refractivity contribution in [1.29, 1.82) is 0 Å². The van der Waals surface area contributed by atoms with Crippen LogP contribution in [0.5, 0.6) is 0 Å². The Morgan fingerprint density at radius 1 is 1.09 bits per heavy atom. The van der Waals surface area contributed by atoms with E-state index in [1.165, 1.54) is 28.8 Å². The monoisotopic (exact) mass is 299 g/mol. The summed E-state index contributed by atoms with van der Waals surface area (Å²) in [5, 5.41) is 2.95. The lowest BCUT2D eigenvalue weighted by molar-refractivity contribution is -0.121. The molecule has 0 radical (unpaired) electrons. The second-order valence-corrected chi connectivity index (χ2v) is 5.76. The fourth-order valence-corrected chi connectivity index (χ4v) is 2.37. The Morgan fingerprint density at radius 3 is 2.41 bits per heavy atom. The van der Waals surface area contributed by atoms with Gasteiger partial charge < -0.3 is 5.32 Å². The van der Waals surface area contributed by atoms with Gasteiger partial charge in [-0.2, -0.15) is 0 Å². The summed E-state index contributed by atoms with van der Waals surface area (Å²) in [7, 11) is 0. The van der Waals surface area contributed by atoms with Crippen LogP contribution in [-0.4, -0.2) is 5.91 Å². The Kier molecular flexibility index (Phi) is 5.31. The van der Waals surface area contributed by atoms with E-state index in [-0.39, 0.29) is 17.8 Å². The molecule has 0 aliphatic carbocycles. The topological polar surface area (TPSA) is 29.1 Å². The molecule has 1 amide bonds. The fourth-order valence-electron chi connectivity index (χ4n) is 2.37. The van der Waals surface area contributed by atoms with Gasteiger partial charge in [0.05, 0.1) is 6.04 Å². The summed E-state index contributed by atoms with van der Waals surface area (Å²) < 4.78 is 12.9. The van der Waals surface area contributed by atoms with Gasteiger partial charge in [-0.15, -0.1) is 0 Å². The van der Waals surface area contributed by atoms with Gasteiger partial charge >= 0.3 is 0 Å². The number of halogens is 1. The molecule has 0 aliphatic rings. The molecule has 3 heteroatoms. The third-order valence-electron chi connectivity index (χ3n) is 3.96. The minimum absolute atomic E-state index is 0.00931. The molecule has 0 heterocycles. The van der Waals surface area contributed by atoms with E-state index in [0.717, 1.165) is 12.0 Å². The lowest BCUT2D eigenvalue weighted by Gasteiger charge is -2.14.